The van der Waals surface area contributed by atoms with Gasteiger partial charge in [0.15, 0.2) is 0 Å². The minimum atomic E-state index is 0.316. The average molecular weight is 294 g/mol. The number of ketones is 1. The number of benzene rings is 2. The van der Waals surface area contributed by atoms with Crippen LogP contribution in [0.5, 0.6) is 0 Å². The van der Waals surface area contributed by atoms with Crippen LogP contribution in [0.1, 0.15) is 12.0 Å². The number of Topliss-reactive ketones (excluding diaryl/α,β-unsaturated/α-hetero) is 1. The van der Waals surface area contributed by atoms with Gasteiger partial charge in [0.25, 0.3) is 0 Å². The SMILES string of the molecule is N#Cc1ccc(-c2ccc(SN3CCC(=O)C3)cc2)cc1. The number of carbonyl (C=O) groups is 1. The summed E-state index contributed by atoms with van der Waals surface area (Å²) in [6.45, 7) is 1.38. The highest BCUT2D eigenvalue weighted by Gasteiger charge is 2.19. The second-order valence-electron chi connectivity index (χ2n) is 4.96. The standard InChI is InChI=1S/C17H14N2OS/c18-11-13-1-3-14(4-2-13)15-5-7-17(8-6-15)21-19-10-9-16(20)12-19/h1-8H,9-10,12H2. The molecule has 0 spiro atoms. The molecule has 104 valence electrons. The molecule has 0 atom stereocenters. The Morgan fingerprint density at radius 1 is 1.00 bits per heavy atom. The second kappa shape index (κ2) is 6.13. The molecule has 1 saturated heterocycles. The van der Waals surface area contributed by atoms with Gasteiger partial charge < -0.3 is 0 Å². The van der Waals surface area contributed by atoms with Crippen LogP contribution in [0.4, 0.5) is 0 Å². The van der Waals surface area contributed by atoms with Crippen molar-refractivity contribution in [3.05, 3.63) is 54.1 Å². The molecule has 1 aliphatic heterocycles. The highest BCUT2D eigenvalue weighted by atomic mass is 32.2. The zero-order valence-electron chi connectivity index (χ0n) is 11.5. The highest BCUT2D eigenvalue weighted by Crippen LogP contribution is 2.28. The zero-order chi connectivity index (χ0) is 14.7. The third-order valence-corrected chi connectivity index (χ3v) is 4.48. The summed E-state index contributed by atoms with van der Waals surface area (Å²) in [5.41, 5.74) is 2.90. The zero-order valence-corrected chi connectivity index (χ0v) is 12.3. The van der Waals surface area contributed by atoms with Crippen LogP contribution in [0.15, 0.2) is 53.4 Å². The molecule has 3 rings (SSSR count). The van der Waals surface area contributed by atoms with E-state index in [1.807, 2.05) is 24.3 Å². The third kappa shape index (κ3) is 3.33. The van der Waals surface area contributed by atoms with Crippen molar-refractivity contribution in [2.75, 3.05) is 13.1 Å². The number of nitrogens with zero attached hydrogens (tertiary/aromatic N) is 2. The van der Waals surface area contributed by atoms with Crippen LogP contribution < -0.4 is 0 Å². The summed E-state index contributed by atoms with van der Waals surface area (Å²) in [4.78, 5) is 12.4. The molecular weight excluding hydrogens is 280 g/mol. The molecule has 0 radical (unpaired) electrons. The monoisotopic (exact) mass is 294 g/mol. The highest BCUT2D eigenvalue weighted by molar-refractivity contribution is 7.97. The molecule has 2 aromatic carbocycles. The van der Waals surface area contributed by atoms with Crippen molar-refractivity contribution >= 4 is 17.7 Å². The minimum Gasteiger partial charge on any atom is -0.298 e. The van der Waals surface area contributed by atoms with Crippen molar-refractivity contribution in [1.82, 2.24) is 4.31 Å². The third-order valence-electron chi connectivity index (χ3n) is 3.43. The van der Waals surface area contributed by atoms with Crippen molar-refractivity contribution in [3.63, 3.8) is 0 Å². The fourth-order valence-electron chi connectivity index (χ4n) is 2.28. The van der Waals surface area contributed by atoms with Gasteiger partial charge in [-0.1, -0.05) is 24.3 Å². The number of nitriles is 1. The van der Waals surface area contributed by atoms with Gasteiger partial charge in [0.05, 0.1) is 18.2 Å². The minimum absolute atomic E-state index is 0.316. The van der Waals surface area contributed by atoms with Crippen molar-refractivity contribution in [3.8, 4) is 17.2 Å². The fourth-order valence-corrected chi connectivity index (χ4v) is 3.22. The lowest BCUT2D eigenvalue weighted by Gasteiger charge is -2.12. The van der Waals surface area contributed by atoms with E-state index in [2.05, 4.69) is 34.6 Å². The first-order valence-corrected chi connectivity index (χ1v) is 7.57. The molecule has 0 aromatic heterocycles. The number of carbonyl (C=O) groups excluding carboxylic acids is 1. The molecule has 0 saturated carbocycles. The van der Waals surface area contributed by atoms with Crippen LogP contribution in [-0.2, 0) is 4.79 Å². The van der Waals surface area contributed by atoms with E-state index in [0.29, 0.717) is 24.3 Å². The Morgan fingerprint density at radius 3 is 2.14 bits per heavy atom. The predicted octanol–water partition coefficient (Wildman–Crippen LogP) is 3.51. The lowest BCUT2D eigenvalue weighted by Crippen LogP contribution is -2.11. The maximum absolute atomic E-state index is 11.3. The van der Waals surface area contributed by atoms with Gasteiger partial charge in [0, 0.05) is 17.9 Å². The molecule has 1 fully saturated rings. The Balaban J connectivity index is 1.71. The molecule has 0 bridgehead atoms. The van der Waals surface area contributed by atoms with Gasteiger partial charge in [-0.15, -0.1) is 0 Å². The maximum Gasteiger partial charge on any atom is 0.149 e. The molecule has 1 heterocycles. The van der Waals surface area contributed by atoms with E-state index < -0.39 is 0 Å². The summed E-state index contributed by atoms with van der Waals surface area (Å²) in [6, 6.07) is 18.0. The molecule has 0 aliphatic carbocycles. The maximum atomic E-state index is 11.3. The van der Waals surface area contributed by atoms with Crippen molar-refractivity contribution in [1.29, 1.82) is 5.26 Å². The molecule has 21 heavy (non-hydrogen) atoms. The first-order chi connectivity index (χ1) is 10.2. The normalized spacial score (nSPS) is 15.1. The summed E-state index contributed by atoms with van der Waals surface area (Å²) in [6.07, 6.45) is 0.663. The van der Waals surface area contributed by atoms with Gasteiger partial charge in [-0.05, 0) is 47.3 Å². The second-order valence-corrected chi connectivity index (χ2v) is 6.13. The fraction of sp³-hybridized carbons (Fsp3) is 0.176. The number of hydrogen-bond acceptors (Lipinski definition) is 4. The molecule has 1 aliphatic rings. The molecule has 3 nitrogen and oxygen atoms in total. The lowest BCUT2D eigenvalue weighted by atomic mass is 10.0. The van der Waals surface area contributed by atoms with E-state index >= 15 is 0 Å². The van der Waals surface area contributed by atoms with Gasteiger partial charge in [0.1, 0.15) is 5.78 Å². The van der Waals surface area contributed by atoms with Crippen LogP contribution in [0.25, 0.3) is 11.1 Å². The topological polar surface area (TPSA) is 44.1 Å². The Bertz CT molecular complexity index is 686. The number of hydrogen-bond donors (Lipinski definition) is 0. The van der Waals surface area contributed by atoms with E-state index in [1.165, 1.54) is 0 Å². The number of rotatable bonds is 3. The van der Waals surface area contributed by atoms with E-state index in [1.54, 1.807) is 11.9 Å². The largest absolute Gasteiger partial charge is 0.298 e. The molecule has 2 aromatic rings. The Hall–Kier alpha value is -2.09. The average Bonchev–Trinajstić information content (AvgIpc) is 2.93. The van der Waals surface area contributed by atoms with Crippen molar-refractivity contribution < 1.29 is 4.79 Å². The van der Waals surface area contributed by atoms with Crippen molar-refractivity contribution in [2.45, 2.75) is 11.3 Å². The van der Waals surface area contributed by atoms with Gasteiger partial charge in [-0.25, -0.2) is 4.31 Å². The molecule has 0 N–H and O–H groups in total. The van der Waals surface area contributed by atoms with Crippen LogP contribution in [-0.4, -0.2) is 23.2 Å². The summed E-state index contributed by atoms with van der Waals surface area (Å²) in [5.74, 6) is 0.316. The summed E-state index contributed by atoms with van der Waals surface area (Å²) in [5, 5.41) is 8.81. The van der Waals surface area contributed by atoms with Gasteiger partial charge in [-0.2, -0.15) is 5.26 Å². The molecule has 4 heteroatoms. The van der Waals surface area contributed by atoms with E-state index in [4.69, 9.17) is 5.26 Å². The molecular formula is C17H14N2OS. The summed E-state index contributed by atoms with van der Waals surface area (Å²) in [7, 11) is 0. The smallest absolute Gasteiger partial charge is 0.149 e. The van der Waals surface area contributed by atoms with Crippen LogP contribution in [0.2, 0.25) is 0 Å². The van der Waals surface area contributed by atoms with Gasteiger partial charge in [0.2, 0.25) is 0 Å². The first kappa shape index (κ1) is 13.9. The molecule has 0 amide bonds. The Morgan fingerprint density at radius 2 is 1.62 bits per heavy atom. The quantitative estimate of drug-likeness (QED) is 0.813. The summed E-state index contributed by atoms with van der Waals surface area (Å²) < 4.78 is 2.10. The van der Waals surface area contributed by atoms with Gasteiger partial charge >= 0.3 is 0 Å². The molecule has 0 unspecified atom stereocenters. The Labute approximate surface area is 128 Å². The predicted molar refractivity (Wildman–Crippen MR) is 83.6 cm³/mol. The van der Waals surface area contributed by atoms with E-state index in [9.17, 15) is 4.79 Å². The first-order valence-electron chi connectivity index (χ1n) is 6.80. The lowest BCUT2D eigenvalue weighted by molar-refractivity contribution is -0.116. The Kier molecular flexibility index (Phi) is 4.05. The van der Waals surface area contributed by atoms with Crippen LogP contribution in [0, 0.1) is 11.3 Å². The van der Waals surface area contributed by atoms with Crippen LogP contribution >= 0.6 is 11.9 Å². The van der Waals surface area contributed by atoms with E-state index in [-0.39, 0.29) is 0 Å². The summed E-state index contributed by atoms with van der Waals surface area (Å²) >= 11 is 1.63. The van der Waals surface area contributed by atoms with Crippen molar-refractivity contribution in [2.24, 2.45) is 0 Å². The van der Waals surface area contributed by atoms with Crippen LogP contribution in [0.3, 0.4) is 0 Å². The van der Waals surface area contributed by atoms with E-state index in [0.717, 1.165) is 22.6 Å². The van der Waals surface area contributed by atoms with Gasteiger partial charge in [-0.3, -0.25) is 4.79 Å².